The van der Waals surface area contributed by atoms with Crippen LogP contribution in [0, 0.1) is 0 Å². The van der Waals surface area contributed by atoms with Gasteiger partial charge in [-0.05, 0) is 31.5 Å². The van der Waals surface area contributed by atoms with Gasteiger partial charge in [0.1, 0.15) is 0 Å². The molecule has 3 amide bonds. The first-order valence-electron chi connectivity index (χ1n) is 8.94. The van der Waals surface area contributed by atoms with E-state index in [1.54, 1.807) is 0 Å². The summed E-state index contributed by atoms with van der Waals surface area (Å²) in [4.78, 5) is 27.7. The Kier molecular flexibility index (Phi) is 7.06. The molecule has 1 aromatic carbocycles. The number of halogens is 3. The fraction of sp³-hybridized carbons (Fsp3) is 0.556. The van der Waals surface area contributed by atoms with Gasteiger partial charge < -0.3 is 15.5 Å². The van der Waals surface area contributed by atoms with Gasteiger partial charge in [-0.15, -0.1) is 0 Å². The molecule has 27 heavy (non-hydrogen) atoms. The highest BCUT2D eigenvalue weighted by Gasteiger charge is 2.30. The highest BCUT2D eigenvalue weighted by Crippen LogP contribution is 2.30. The zero-order valence-electron chi connectivity index (χ0n) is 15.5. The molecule has 1 heterocycles. The van der Waals surface area contributed by atoms with E-state index in [0.29, 0.717) is 26.2 Å². The number of piperazine rings is 1. The molecule has 1 fully saturated rings. The van der Waals surface area contributed by atoms with Crippen LogP contribution in [-0.4, -0.2) is 60.5 Å². The second kappa shape index (κ2) is 9.07. The zero-order valence-corrected chi connectivity index (χ0v) is 15.5. The monoisotopic (exact) mass is 386 g/mol. The number of benzene rings is 1. The van der Waals surface area contributed by atoms with Crippen LogP contribution < -0.4 is 10.6 Å². The van der Waals surface area contributed by atoms with Crippen molar-refractivity contribution in [3.05, 3.63) is 29.8 Å². The van der Waals surface area contributed by atoms with Crippen LogP contribution in [0.4, 0.5) is 23.7 Å². The Labute approximate surface area is 156 Å². The molecule has 1 aliphatic heterocycles. The molecule has 0 aliphatic carbocycles. The third-order valence-corrected chi connectivity index (χ3v) is 4.49. The third kappa shape index (κ3) is 6.42. The molecular formula is C18H25F3N4O2. The van der Waals surface area contributed by atoms with Crippen molar-refractivity contribution in [1.82, 2.24) is 15.1 Å². The van der Waals surface area contributed by atoms with Gasteiger partial charge in [0.2, 0.25) is 5.91 Å². The Hall–Kier alpha value is -2.29. The van der Waals surface area contributed by atoms with Gasteiger partial charge in [0, 0.05) is 37.9 Å². The number of hydrogen-bond donors (Lipinski definition) is 2. The lowest BCUT2D eigenvalue weighted by molar-refractivity contribution is -0.137. The maximum absolute atomic E-state index is 12.7. The van der Waals surface area contributed by atoms with E-state index < -0.39 is 17.8 Å². The minimum atomic E-state index is -4.46. The van der Waals surface area contributed by atoms with Crippen LogP contribution in [0.25, 0.3) is 0 Å². The molecule has 0 bridgehead atoms. The SMILES string of the molecule is CCC(C)NC(=O)CN1CCN(C(=O)Nc2cccc(C(F)(F)F)c2)CC1. The molecule has 2 N–H and O–H groups in total. The molecule has 1 unspecified atom stereocenters. The van der Waals surface area contributed by atoms with Crippen LogP contribution in [0.5, 0.6) is 0 Å². The summed E-state index contributed by atoms with van der Waals surface area (Å²) >= 11 is 0. The summed E-state index contributed by atoms with van der Waals surface area (Å²) in [7, 11) is 0. The van der Waals surface area contributed by atoms with Crippen molar-refractivity contribution in [1.29, 1.82) is 0 Å². The quantitative estimate of drug-likeness (QED) is 0.818. The Morgan fingerprint density at radius 3 is 2.44 bits per heavy atom. The van der Waals surface area contributed by atoms with Gasteiger partial charge in [-0.25, -0.2) is 4.79 Å². The lowest BCUT2D eigenvalue weighted by atomic mass is 10.2. The van der Waals surface area contributed by atoms with E-state index >= 15 is 0 Å². The molecular weight excluding hydrogens is 361 g/mol. The minimum absolute atomic E-state index is 0.0498. The number of hydrogen-bond acceptors (Lipinski definition) is 3. The van der Waals surface area contributed by atoms with E-state index in [1.165, 1.54) is 17.0 Å². The van der Waals surface area contributed by atoms with E-state index in [1.807, 2.05) is 18.7 Å². The molecule has 9 heteroatoms. The topological polar surface area (TPSA) is 64.7 Å². The summed E-state index contributed by atoms with van der Waals surface area (Å²) in [6.45, 7) is 6.07. The smallest absolute Gasteiger partial charge is 0.353 e. The Balaban J connectivity index is 1.82. The Bertz CT molecular complexity index is 658. The molecule has 150 valence electrons. The summed E-state index contributed by atoms with van der Waals surface area (Å²) in [6, 6.07) is 4.22. The molecule has 1 saturated heterocycles. The number of alkyl halides is 3. The number of carbonyl (C=O) groups excluding carboxylic acids is 2. The van der Waals surface area contributed by atoms with E-state index in [9.17, 15) is 22.8 Å². The highest BCUT2D eigenvalue weighted by molar-refractivity contribution is 5.89. The maximum atomic E-state index is 12.7. The van der Waals surface area contributed by atoms with Crippen LogP contribution in [0.3, 0.4) is 0 Å². The molecule has 0 saturated carbocycles. The number of carbonyl (C=O) groups is 2. The zero-order chi connectivity index (χ0) is 20.0. The average molecular weight is 386 g/mol. The van der Waals surface area contributed by atoms with E-state index in [4.69, 9.17) is 0 Å². The van der Waals surface area contributed by atoms with Crippen molar-refractivity contribution in [3.63, 3.8) is 0 Å². The van der Waals surface area contributed by atoms with Crippen LogP contribution >= 0.6 is 0 Å². The summed E-state index contributed by atoms with van der Waals surface area (Å²) in [5, 5.41) is 5.40. The Morgan fingerprint density at radius 1 is 1.19 bits per heavy atom. The molecule has 0 aromatic heterocycles. The van der Waals surface area contributed by atoms with Crippen molar-refractivity contribution in [3.8, 4) is 0 Å². The third-order valence-electron chi connectivity index (χ3n) is 4.49. The summed E-state index contributed by atoms with van der Waals surface area (Å²) < 4.78 is 38.2. The second-order valence-electron chi connectivity index (χ2n) is 6.65. The van der Waals surface area contributed by atoms with Crippen molar-refractivity contribution in [2.45, 2.75) is 32.5 Å². The average Bonchev–Trinajstić information content (AvgIpc) is 2.61. The standard InChI is InChI=1S/C18H25F3N4O2/c1-3-13(2)22-16(26)12-24-7-9-25(10-8-24)17(27)23-15-6-4-5-14(11-15)18(19,20)21/h4-6,11,13H,3,7-10,12H2,1-2H3,(H,22,26)(H,23,27). The number of anilines is 1. The van der Waals surface area contributed by atoms with Crippen LogP contribution in [-0.2, 0) is 11.0 Å². The number of amides is 3. The van der Waals surface area contributed by atoms with E-state index in [0.717, 1.165) is 18.6 Å². The lowest BCUT2D eigenvalue weighted by Gasteiger charge is -2.34. The van der Waals surface area contributed by atoms with Gasteiger partial charge in [0.15, 0.2) is 0 Å². The van der Waals surface area contributed by atoms with Crippen molar-refractivity contribution in [2.24, 2.45) is 0 Å². The maximum Gasteiger partial charge on any atom is 0.416 e. The number of nitrogens with one attached hydrogen (secondary N) is 2. The van der Waals surface area contributed by atoms with Gasteiger partial charge in [-0.1, -0.05) is 13.0 Å². The lowest BCUT2D eigenvalue weighted by Crippen LogP contribution is -2.52. The summed E-state index contributed by atoms with van der Waals surface area (Å²) in [5.74, 6) is -0.0498. The molecule has 6 nitrogen and oxygen atoms in total. The Morgan fingerprint density at radius 2 is 1.85 bits per heavy atom. The van der Waals surface area contributed by atoms with E-state index in [2.05, 4.69) is 10.6 Å². The molecule has 0 radical (unpaired) electrons. The van der Waals surface area contributed by atoms with Crippen LogP contribution in [0.2, 0.25) is 0 Å². The normalized spacial score (nSPS) is 16.7. The predicted molar refractivity (Wildman–Crippen MR) is 96.4 cm³/mol. The van der Waals surface area contributed by atoms with Crippen LogP contribution in [0.15, 0.2) is 24.3 Å². The number of nitrogens with zero attached hydrogens (tertiary/aromatic N) is 2. The fourth-order valence-corrected chi connectivity index (χ4v) is 2.71. The first-order chi connectivity index (χ1) is 12.7. The number of urea groups is 1. The second-order valence-corrected chi connectivity index (χ2v) is 6.65. The van der Waals surface area contributed by atoms with Gasteiger partial charge in [-0.3, -0.25) is 9.69 Å². The van der Waals surface area contributed by atoms with Crippen molar-refractivity contribution < 1.29 is 22.8 Å². The molecule has 0 spiro atoms. The predicted octanol–water partition coefficient (Wildman–Crippen LogP) is 2.77. The minimum Gasteiger partial charge on any atom is -0.353 e. The van der Waals surface area contributed by atoms with Gasteiger partial charge >= 0.3 is 12.2 Å². The first kappa shape index (κ1) is 21.0. The summed E-state index contributed by atoms with van der Waals surface area (Å²) in [5.41, 5.74) is -0.706. The molecule has 2 rings (SSSR count). The van der Waals surface area contributed by atoms with Gasteiger partial charge in [0.25, 0.3) is 0 Å². The first-order valence-corrected chi connectivity index (χ1v) is 8.94. The van der Waals surface area contributed by atoms with Crippen LogP contribution in [0.1, 0.15) is 25.8 Å². The van der Waals surface area contributed by atoms with Crippen molar-refractivity contribution >= 4 is 17.6 Å². The largest absolute Gasteiger partial charge is 0.416 e. The molecule has 1 aliphatic rings. The molecule has 1 atom stereocenters. The van der Waals surface area contributed by atoms with Crippen molar-refractivity contribution in [2.75, 3.05) is 38.0 Å². The van der Waals surface area contributed by atoms with Gasteiger partial charge in [-0.2, -0.15) is 13.2 Å². The van der Waals surface area contributed by atoms with Gasteiger partial charge in [0.05, 0.1) is 12.1 Å². The highest BCUT2D eigenvalue weighted by atomic mass is 19.4. The fourth-order valence-electron chi connectivity index (χ4n) is 2.71. The van der Waals surface area contributed by atoms with E-state index in [-0.39, 0.29) is 24.2 Å². The molecule has 1 aromatic rings. The summed E-state index contributed by atoms with van der Waals surface area (Å²) in [6.07, 6.45) is -3.60. The number of rotatable bonds is 5.